The minimum atomic E-state index is -0.434. The number of imidazole rings is 1. The molecule has 1 saturated carbocycles. The molecule has 238 valence electrons. The number of aryl methyl sites for hydroxylation is 1. The topological polar surface area (TPSA) is 135 Å². The zero-order valence-electron chi connectivity index (χ0n) is 26.5. The number of nitrogens with one attached hydrogen (secondary N) is 2. The Balaban J connectivity index is 1.35. The standard InChI is InChI=1S/C36H35N7O4/c1-4-24-20-30(37)33-34(39-22-24)43(28-8-5-7-27(21-28)41(3)32(44)9-6-18-47-29-14-15-29)36(46)42(33)26-12-10-25(11-13-26)35(45)40-31-19-23(2)16-17-38-31/h5,7-8,10-13,16-17,19,21-22,24,29,37H,4,14-15,18,20H2,1-3H3,(H,38,40,45). The van der Waals surface area contributed by atoms with E-state index in [2.05, 4.69) is 22.1 Å². The monoisotopic (exact) mass is 629 g/mol. The van der Waals surface area contributed by atoms with Crippen molar-refractivity contribution in [1.82, 2.24) is 14.1 Å². The second-order valence-electron chi connectivity index (χ2n) is 11.7. The molecule has 11 heteroatoms. The number of hydrogen-bond acceptors (Lipinski definition) is 7. The van der Waals surface area contributed by atoms with E-state index < -0.39 is 11.6 Å². The predicted molar refractivity (Wildman–Crippen MR) is 182 cm³/mol. The molecule has 2 amide bonds. The fraction of sp³-hybridized carbons (Fsp3) is 0.278. The molecule has 1 aliphatic heterocycles. The number of ether oxygens (including phenoxy) is 1. The number of benzene rings is 2. The van der Waals surface area contributed by atoms with Crippen LogP contribution in [-0.4, -0.2) is 57.6 Å². The van der Waals surface area contributed by atoms with Crippen molar-refractivity contribution in [2.24, 2.45) is 10.9 Å². The van der Waals surface area contributed by atoms with Crippen LogP contribution in [0.5, 0.6) is 0 Å². The first-order chi connectivity index (χ1) is 22.7. The van der Waals surface area contributed by atoms with E-state index in [-0.39, 0.29) is 30.2 Å². The van der Waals surface area contributed by atoms with Gasteiger partial charge in [-0.3, -0.25) is 14.2 Å². The lowest BCUT2D eigenvalue weighted by atomic mass is 10.00. The first kappa shape index (κ1) is 31.4. The van der Waals surface area contributed by atoms with Crippen LogP contribution in [0.4, 0.5) is 17.3 Å². The van der Waals surface area contributed by atoms with Crippen LogP contribution in [0.2, 0.25) is 0 Å². The molecule has 1 aliphatic carbocycles. The number of pyridine rings is 1. The SMILES string of the molecule is CCC1C=Nc2c(n(-c3ccc(C(=O)Nc4cc(C)ccn4)cc3)c(=O)n2-c2cccc(N(C)C(=O)C#CCOC3CC3)c2)C(=N)C1. The number of carbonyl (C=O) groups is 2. The first-order valence-corrected chi connectivity index (χ1v) is 15.6. The Morgan fingerprint density at radius 2 is 1.87 bits per heavy atom. The van der Waals surface area contributed by atoms with Gasteiger partial charge in [-0.05, 0) is 105 Å². The fourth-order valence-corrected chi connectivity index (χ4v) is 5.29. The van der Waals surface area contributed by atoms with Crippen LogP contribution in [0.3, 0.4) is 0 Å². The van der Waals surface area contributed by atoms with E-state index in [1.807, 2.05) is 19.9 Å². The number of fused-ring (bicyclic) bond motifs is 1. The lowest BCUT2D eigenvalue weighted by Gasteiger charge is -2.15. The van der Waals surface area contributed by atoms with E-state index in [0.717, 1.165) is 24.8 Å². The highest BCUT2D eigenvalue weighted by atomic mass is 16.5. The van der Waals surface area contributed by atoms with Crippen molar-refractivity contribution in [3.63, 3.8) is 0 Å². The third kappa shape index (κ3) is 6.83. The van der Waals surface area contributed by atoms with Gasteiger partial charge >= 0.3 is 11.6 Å². The highest BCUT2D eigenvalue weighted by molar-refractivity contribution is 6.06. The number of aliphatic imine (C=N–C) groups is 1. The zero-order chi connectivity index (χ0) is 33.1. The van der Waals surface area contributed by atoms with Crippen LogP contribution < -0.4 is 15.9 Å². The van der Waals surface area contributed by atoms with Crippen molar-refractivity contribution in [2.45, 2.75) is 45.6 Å². The summed E-state index contributed by atoms with van der Waals surface area (Å²) >= 11 is 0. The summed E-state index contributed by atoms with van der Waals surface area (Å²) < 4.78 is 8.43. The van der Waals surface area contributed by atoms with Gasteiger partial charge in [0, 0.05) is 30.7 Å². The van der Waals surface area contributed by atoms with Crippen molar-refractivity contribution in [1.29, 1.82) is 5.41 Å². The minimum Gasteiger partial charge on any atom is -0.366 e. The Kier molecular flexibility index (Phi) is 8.95. The summed E-state index contributed by atoms with van der Waals surface area (Å²) in [5, 5.41) is 11.8. The molecule has 1 fully saturated rings. The second-order valence-corrected chi connectivity index (χ2v) is 11.7. The van der Waals surface area contributed by atoms with Crippen molar-refractivity contribution < 1.29 is 14.3 Å². The summed E-state index contributed by atoms with van der Waals surface area (Å²) in [6.07, 6.45) is 6.95. The summed E-state index contributed by atoms with van der Waals surface area (Å²) in [7, 11) is 1.62. The lowest BCUT2D eigenvalue weighted by molar-refractivity contribution is -0.113. The normalized spacial score (nSPS) is 15.3. The summed E-state index contributed by atoms with van der Waals surface area (Å²) in [6, 6.07) is 17.2. The van der Waals surface area contributed by atoms with Gasteiger partial charge in [0.2, 0.25) is 0 Å². The van der Waals surface area contributed by atoms with Gasteiger partial charge in [-0.15, -0.1) is 0 Å². The summed E-state index contributed by atoms with van der Waals surface area (Å²) in [4.78, 5) is 50.4. The summed E-state index contributed by atoms with van der Waals surface area (Å²) in [5.74, 6) is 5.46. The third-order valence-electron chi connectivity index (χ3n) is 8.15. The predicted octanol–water partition coefficient (Wildman–Crippen LogP) is 5.23. The Morgan fingerprint density at radius 1 is 1.09 bits per heavy atom. The molecule has 2 aliphatic rings. The molecule has 0 radical (unpaired) electrons. The zero-order valence-corrected chi connectivity index (χ0v) is 26.5. The van der Waals surface area contributed by atoms with E-state index in [9.17, 15) is 14.4 Å². The molecule has 2 aromatic carbocycles. The average molecular weight is 630 g/mol. The molecular formula is C36H35N7O4. The van der Waals surface area contributed by atoms with Gasteiger partial charge in [0.05, 0.1) is 23.2 Å². The van der Waals surface area contributed by atoms with E-state index in [1.54, 1.807) is 74.1 Å². The van der Waals surface area contributed by atoms with E-state index in [4.69, 9.17) is 15.1 Å². The van der Waals surface area contributed by atoms with Crippen LogP contribution in [0.1, 0.15) is 54.2 Å². The van der Waals surface area contributed by atoms with Gasteiger partial charge in [-0.1, -0.05) is 18.9 Å². The third-order valence-corrected chi connectivity index (χ3v) is 8.15. The van der Waals surface area contributed by atoms with Gasteiger partial charge < -0.3 is 20.4 Å². The van der Waals surface area contributed by atoms with Gasteiger partial charge in [-0.25, -0.2) is 19.3 Å². The molecule has 0 spiro atoms. The maximum atomic E-state index is 14.3. The van der Waals surface area contributed by atoms with Gasteiger partial charge in [0.1, 0.15) is 18.1 Å². The van der Waals surface area contributed by atoms with Crippen molar-refractivity contribution in [3.8, 4) is 23.2 Å². The van der Waals surface area contributed by atoms with E-state index >= 15 is 0 Å². The average Bonchev–Trinajstić information content (AvgIpc) is 3.87. The van der Waals surface area contributed by atoms with E-state index in [0.29, 0.717) is 46.4 Å². The molecule has 0 bridgehead atoms. The molecule has 6 rings (SSSR count). The minimum absolute atomic E-state index is 0.0331. The number of amides is 2. The molecule has 2 N–H and O–H groups in total. The summed E-state index contributed by atoms with van der Waals surface area (Å²) in [5.41, 5.74) is 3.08. The molecule has 1 unspecified atom stereocenters. The van der Waals surface area contributed by atoms with Crippen LogP contribution >= 0.6 is 0 Å². The Morgan fingerprint density at radius 3 is 2.60 bits per heavy atom. The Bertz CT molecular complexity index is 2010. The highest BCUT2D eigenvalue weighted by Crippen LogP contribution is 2.31. The largest absolute Gasteiger partial charge is 0.366 e. The van der Waals surface area contributed by atoms with Crippen LogP contribution in [0.15, 0.2) is 76.6 Å². The number of anilines is 2. The van der Waals surface area contributed by atoms with Gasteiger partial charge in [-0.2, -0.15) is 0 Å². The number of hydrogen-bond donors (Lipinski definition) is 2. The Hall–Kier alpha value is -5.60. The molecule has 1 atom stereocenters. The fourth-order valence-electron chi connectivity index (χ4n) is 5.29. The number of nitrogens with zero attached hydrogens (tertiary/aromatic N) is 5. The number of aromatic nitrogens is 3. The molecular weight excluding hydrogens is 594 g/mol. The smallest absolute Gasteiger partial charge is 0.339 e. The molecule has 2 aromatic heterocycles. The number of carbonyl (C=O) groups excluding carboxylic acids is 2. The molecule has 3 heterocycles. The van der Waals surface area contributed by atoms with E-state index in [1.165, 1.54) is 14.0 Å². The molecule has 11 nitrogen and oxygen atoms in total. The van der Waals surface area contributed by atoms with Crippen LogP contribution in [-0.2, 0) is 9.53 Å². The van der Waals surface area contributed by atoms with Gasteiger partial charge in [0.15, 0.2) is 5.82 Å². The highest BCUT2D eigenvalue weighted by Gasteiger charge is 2.28. The van der Waals surface area contributed by atoms with Crippen LogP contribution in [0.25, 0.3) is 11.4 Å². The molecule has 4 aromatic rings. The quantitative estimate of drug-likeness (QED) is 0.258. The lowest BCUT2D eigenvalue weighted by Crippen LogP contribution is -2.26. The van der Waals surface area contributed by atoms with Crippen molar-refractivity contribution in [2.75, 3.05) is 23.9 Å². The van der Waals surface area contributed by atoms with Gasteiger partial charge in [0.25, 0.3) is 5.91 Å². The van der Waals surface area contributed by atoms with Crippen LogP contribution in [0, 0.1) is 30.1 Å². The number of rotatable bonds is 8. The maximum absolute atomic E-state index is 14.3. The van der Waals surface area contributed by atoms with Crippen molar-refractivity contribution in [3.05, 3.63) is 94.2 Å². The first-order valence-electron chi connectivity index (χ1n) is 15.6. The maximum Gasteiger partial charge on any atom is 0.339 e. The molecule has 0 saturated heterocycles. The molecule has 47 heavy (non-hydrogen) atoms. The summed E-state index contributed by atoms with van der Waals surface area (Å²) in [6.45, 7) is 4.16. The second kappa shape index (κ2) is 13.4. The Labute approximate surface area is 272 Å². The van der Waals surface area contributed by atoms with Crippen molar-refractivity contribution >= 4 is 41.1 Å².